The second-order valence-corrected chi connectivity index (χ2v) is 4.40. The molecule has 5 nitrogen and oxygen atoms in total. The molecule has 0 unspecified atom stereocenters. The predicted octanol–water partition coefficient (Wildman–Crippen LogP) is 1.58. The average molecular weight is 248 g/mol. The van der Waals surface area contributed by atoms with Crippen LogP contribution in [0.25, 0.3) is 0 Å². The van der Waals surface area contributed by atoms with Crippen LogP contribution in [0.2, 0.25) is 0 Å². The van der Waals surface area contributed by atoms with E-state index in [0.717, 1.165) is 32.6 Å². The van der Waals surface area contributed by atoms with Crippen LogP contribution in [0.3, 0.4) is 0 Å². The minimum Gasteiger partial charge on any atom is -0.476 e. The molecule has 0 radical (unpaired) electrons. The quantitative estimate of drug-likeness (QED) is 0.354. The van der Waals surface area contributed by atoms with E-state index in [1.807, 2.05) is 0 Å². The molecule has 0 amide bonds. The lowest BCUT2D eigenvalue weighted by atomic mass is 9.97. The number of hydrogen-bond acceptors (Lipinski definition) is 4. The number of hydrogen-bond donors (Lipinski definition) is 1. The van der Waals surface area contributed by atoms with Crippen LogP contribution >= 0.6 is 11.6 Å². The fourth-order valence-corrected chi connectivity index (χ4v) is 1.76. The van der Waals surface area contributed by atoms with E-state index in [1.54, 1.807) is 0 Å². The Hall–Kier alpha value is -1.10. The second kappa shape index (κ2) is 5.84. The smallest absolute Gasteiger partial charge is 0.361 e. The van der Waals surface area contributed by atoms with Crippen LogP contribution in [-0.2, 0) is 14.4 Å². The first-order valence-electron chi connectivity index (χ1n) is 5.12. The van der Waals surface area contributed by atoms with Gasteiger partial charge in [-0.2, -0.15) is 0 Å². The fourth-order valence-electron chi connectivity index (χ4n) is 1.51. The fraction of sp³-hybridized carbons (Fsp3) is 0.700. The monoisotopic (exact) mass is 247 g/mol. The van der Waals surface area contributed by atoms with Gasteiger partial charge < -0.3 is 9.94 Å². The van der Waals surface area contributed by atoms with Crippen molar-refractivity contribution in [2.45, 2.75) is 44.1 Å². The van der Waals surface area contributed by atoms with Crippen molar-refractivity contribution in [3.05, 3.63) is 0 Å². The van der Waals surface area contributed by atoms with E-state index < -0.39 is 17.5 Å². The van der Waals surface area contributed by atoms with Gasteiger partial charge in [0.05, 0.1) is 0 Å². The zero-order valence-corrected chi connectivity index (χ0v) is 9.74. The van der Waals surface area contributed by atoms with E-state index in [0.29, 0.717) is 0 Å². The number of carboxylic acid groups (broad SMARTS) is 1. The maximum atomic E-state index is 10.9. The summed E-state index contributed by atoms with van der Waals surface area (Å²) in [6.45, 7) is 1.14. The molecule has 1 aliphatic carbocycles. The molecule has 1 N–H and O–H groups in total. The molecular formula is C10H14ClNO4. The number of Topliss-reactive ketones (excluding diaryl/α,β-unsaturated/α-hetero) is 1. The molecule has 1 aliphatic rings. The summed E-state index contributed by atoms with van der Waals surface area (Å²) in [6, 6.07) is 0. The predicted molar refractivity (Wildman–Crippen MR) is 58.7 cm³/mol. The molecule has 0 spiro atoms. The lowest BCUT2D eigenvalue weighted by molar-refractivity contribution is -0.130. The summed E-state index contributed by atoms with van der Waals surface area (Å²) >= 11 is 5.91. The molecule has 0 aliphatic heterocycles. The van der Waals surface area contributed by atoms with Gasteiger partial charge in [-0.1, -0.05) is 5.16 Å². The molecule has 0 aromatic rings. The zero-order valence-electron chi connectivity index (χ0n) is 8.98. The summed E-state index contributed by atoms with van der Waals surface area (Å²) < 4.78 is 0. The normalized spacial score (nSPS) is 26.2. The number of carbonyl (C=O) groups excluding carboxylic acids is 1. The first-order chi connectivity index (χ1) is 7.50. The van der Waals surface area contributed by atoms with E-state index in [9.17, 15) is 9.59 Å². The first-order valence-corrected chi connectivity index (χ1v) is 5.56. The highest BCUT2D eigenvalue weighted by Crippen LogP contribution is 2.24. The van der Waals surface area contributed by atoms with Crippen LogP contribution in [0.15, 0.2) is 5.16 Å². The Morgan fingerprint density at radius 3 is 2.31 bits per heavy atom. The molecule has 1 fully saturated rings. The van der Waals surface area contributed by atoms with Gasteiger partial charge >= 0.3 is 5.97 Å². The Labute approximate surface area is 98.4 Å². The summed E-state index contributed by atoms with van der Waals surface area (Å²) in [6.07, 6.45) is 2.99. The second-order valence-electron chi connectivity index (χ2n) is 3.78. The highest BCUT2D eigenvalue weighted by molar-refractivity contribution is 6.63. The zero-order chi connectivity index (χ0) is 12.1. The summed E-state index contributed by atoms with van der Waals surface area (Å²) in [4.78, 5) is 26.6. The third-order valence-electron chi connectivity index (χ3n) is 2.43. The van der Waals surface area contributed by atoms with Gasteiger partial charge in [-0.25, -0.2) is 4.79 Å². The molecule has 0 bridgehead atoms. The van der Waals surface area contributed by atoms with Gasteiger partial charge in [0.15, 0.2) is 5.78 Å². The number of alkyl halides is 1. The van der Waals surface area contributed by atoms with Crippen LogP contribution in [0.5, 0.6) is 0 Å². The van der Waals surface area contributed by atoms with Crippen molar-refractivity contribution in [1.82, 2.24) is 0 Å². The molecule has 0 aromatic carbocycles. The van der Waals surface area contributed by atoms with Gasteiger partial charge in [0.2, 0.25) is 5.71 Å². The third kappa shape index (κ3) is 3.81. The number of ketones is 1. The minimum atomic E-state index is -1.36. The maximum absolute atomic E-state index is 10.9. The Bertz CT molecular complexity index is 292. The SMILES string of the molecule is CC(=O)/C(=N/OC1CCC(Cl)CC1)C(=O)O. The van der Waals surface area contributed by atoms with Gasteiger partial charge in [-0.15, -0.1) is 11.6 Å². The molecule has 1 saturated carbocycles. The molecular weight excluding hydrogens is 234 g/mol. The van der Waals surface area contributed by atoms with Crippen LogP contribution in [0.1, 0.15) is 32.6 Å². The van der Waals surface area contributed by atoms with Gasteiger partial charge in [0.25, 0.3) is 0 Å². The summed E-state index contributed by atoms with van der Waals surface area (Å²) in [5, 5.41) is 12.2. The highest BCUT2D eigenvalue weighted by Gasteiger charge is 2.22. The number of aliphatic carboxylic acids is 1. The molecule has 90 valence electrons. The number of carboxylic acids is 1. The summed E-state index contributed by atoms with van der Waals surface area (Å²) in [7, 11) is 0. The first kappa shape index (κ1) is 13.0. The van der Waals surface area contributed by atoms with Gasteiger partial charge in [0.1, 0.15) is 6.10 Å². The van der Waals surface area contributed by atoms with Gasteiger partial charge in [-0.05, 0) is 25.7 Å². The van der Waals surface area contributed by atoms with Crippen molar-refractivity contribution in [3.63, 3.8) is 0 Å². The molecule has 0 atom stereocenters. The van der Waals surface area contributed by atoms with Crippen LogP contribution in [0, 0.1) is 0 Å². The topological polar surface area (TPSA) is 76.0 Å². The van der Waals surface area contributed by atoms with Gasteiger partial charge in [0, 0.05) is 12.3 Å². The molecule has 0 aromatic heterocycles. The molecule has 6 heteroatoms. The number of carbonyl (C=O) groups is 2. The number of nitrogens with zero attached hydrogens (tertiary/aromatic N) is 1. The molecule has 1 rings (SSSR count). The summed E-state index contributed by atoms with van der Waals surface area (Å²) in [5.74, 6) is -1.97. The Kier molecular flexibility index (Phi) is 4.73. The van der Waals surface area contributed by atoms with Crippen LogP contribution in [0.4, 0.5) is 0 Å². The molecule has 16 heavy (non-hydrogen) atoms. The lowest BCUT2D eigenvalue weighted by Crippen LogP contribution is -2.25. The number of rotatable bonds is 4. The van der Waals surface area contributed by atoms with Gasteiger partial charge in [-0.3, -0.25) is 4.79 Å². The number of oxime groups is 1. The van der Waals surface area contributed by atoms with Crippen molar-refractivity contribution in [2.24, 2.45) is 5.16 Å². The van der Waals surface area contributed by atoms with E-state index in [1.165, 1.54) is 0 Å². The highest BCUT2D eigenvalue weighted by atomic mass is 35.5. The molecule has 0 heterocycles. The average Bonchev–Trinajstić information content (AvgIpc) is 2.20. The Balaban J connectivity index is 2.50. The van der Waals surface area contributed by atoms with E-state index in [4.69, 9.17) is 21.5 Å². The Morgan fingerprint density at radius 1 is 1.31 bits per heavy atom. The van der Waals surface area contributed by atoms with Crippen molar-refractivity contribution in [3.8, 4) is 0 Å². The Morgan fingerprint density at radius 2 is 1.88 bits per heavy atom. The number of halogens is 1. The largest absolute Gasteiger partial charge is 0.476 e. The minimum absolute atomic E-state index is 0.135. The van der Waals surface area contributed by atoms with Crippen LogP contribution in [-0.4, -0.2) is 34.1 Å². The van der Waals surface area contributed by atoms with Crippen molar-refractivity contribution in [1.29, 1.82) is 0 Å². The van der Waals surface area contributed by atoms with E-state index in [2.05, 4.69) is 5.16 Å². The van der Waals surface area contributed by atoms with Crippen molar-refractivity contribution in [2.75, 3.05) is 0 Å². The molecule has 0 saturated heterocycles. The standard InChI is InChI=1S/C10H14ClNO4/c1-6(13)9(10(14)15)12-16-8-4-2-7(11)3-5-8/h7-8H,2-5H2,1H3,(H,14,15)/b12-9-. The van der Waals surface area contributed by atoms with Crippen molar-refractivity contribution < 1.29 is 19.5 Å². The van der Waals surface area contributed by atoms with Crippen molar-refractivity contribution >= 4 is 29.1 Å². The third-order valence-corrected chi connectivity index (χ3v) is 2.87. The van der Waals surface area contributed by atoms with E-state index in [-0.39, 0.29) is 11.5 Å². The lowest BCUT2D eigenvalue weighted by Gasteiger charge is -2.22. The summed E-state index contributed by atoms with van der Waals surface area (Å²) in [5.41, 5.74) is -0.562. The maximum Gasteiger partial charge on any atom is 0.361 e. The van der Waals surface area contributed by atoms with E-state index >= 15 is 0 Å². The van der Waals surface area contributed by atoms with Crippen LogP contribution < -0.4 is 0 Å².